The molecule has 1 aliphatic rings. The third-order valence-corrected chi connectivity index (χ3v) is 3.96. The van der Waals surface area contributed by atoms with Crippen LogP contribution in [0.2, 0.25) is 0 Å². The summed E-state index contributed by atoms with van der Waals surface area (Å²) < 4.78 is 18.3. The van der Waals surface area contributed by atoms with E-state index in [0.717, 1.165) is 25.8 Å². The zero-order valence-corrected chi connectivity index (χ0v) is 12.3. The summed E-state index contributed by atoms with van der Waals surface area (Å²) in [6.07, 6.45) is 2.77. The van der Waals surface area contributed by atoms with E-state index in [1.54, 1.807) is 12.1 Å². The molecule has 4 nitrogen and oxygen atoms in total. The lowest BCUT2D eigenvalue weighted by Gasteiger charge is -2.37. The number of carboxylic acids is 1. The van der Waals surface area contributed by atoms with Gasteiger partial charge in [-0.3, -0.25) is 9.69 Å². The second-order valence-electron chi connectivity index (χ2n) is 5.59. The first kappa shape index (κ1) is 15.8. The lowest BCUT2D eigenvalue weighted by molar-refractivity contribution is -0.146. The highest BCUT2D eigenvalue weighted by atomic mass is 19.1. The number of carbonyl (C=O) groups is 1. The topological polar surface area (TPSA) is 49.8 Å². The minimum Gasteiger partial charge on any atom is -0.494 e. The number of ether oxygens (including phenoxy) is 1. The van der Waals surface area contributed by atoms with Gasteiger partial charge in [0.2, 0.25) is 0 Å². The molecule has 0 saturated carbocycles. The van der Waals surface area contributed by atoms with Gasteiger partial charge in [0.1, 0.15) is 17.6 Å². The van der Waals surface area contributed by atoms with E-state index in [2.05, 4.69) is 0 Å². The molecule has 116 valence electrons. The Morgan fingerprint density at radius 3 is 2.81 bits per heavy atom. The Hall–Kier alpha value is -1.62. The molecular formula is C16H22FNO3. The number of piperidine rings is 1. The first-order chi connectivity index (χ1) is 10.1. The number of rotatable bonds is 6. The number of halogens is 1. The number of aliphatic carboxylic acids is 1. The standard InChI is InChI=1S/C16H22FNO3/c1-12-4-2-9-18(15(12)16(19)20)10-3-11-21-14-7-5-13(17)6-8-14/h5-8,12,15H,2-4,9-11H2,1H3,(H,19,20). The second-order valence-corrected chi connectivity index (χ2v) is 5.59. The first-order valence-corrected chi connectivity index (χ1v) is 7.43. The number of carboxylic acid groups (broad SMARTS) is 1. The van der Waals surface area contributed by atoms with E-state index in [0.29, 0.717) is 18.9 Å². The summed E-state index contributed by atoms with van der Waals surface area (Å²) in [6.45, 7) is 4.04. The highest BCUT2D eigenvalue weighted by Gasteiger charge is 2.33. The van der Waals surface area contributed by atoms with Crippen molar-refractivity contribution >= 4 is 5.97 Å². The molecule has 0 aliphatic carbocycles. The summed E-state index contributed by atoms with van der Waals surface area (Å²) >= 11 is 0. The van der Waals surface area contributed by atoms with Crippen molar-refractivity contribution < 1.29 is 19.0 Å². The molecule has 1 aromatic carbocycles. The summed E-state index contributed by atoms with van der Waals surface area (Å²) in [6, 6.07) is 5.53. The Morgan fingerprint density at radius 2 is 2.14 bits per heavy atom. The van der Waals surface area contributed by atoms with Gasteiger partial charge in [0.25, 0.3) is 0 Å². The van der Waals surface area contributed by atoms with Crippen molar-refractivity contribution in [2.75, 3.05) is 19.7 Å². The van der Waals surface area contributed by atoms with E-state index in [-0.39, 0.29) is 17.8 Å². The van der Waals surface area contributed by atoms with Gasteiger partial charge in [0.05, 0.1) is 6.61 Å². The van der Waals surface area contributed by atoms with E-state index in [9.17, 15) is 14.3 Å². The molecule has 0 bridgehead atoms. The van der Waals surface area contributed by atoms with Crippen molar-refractivity contribution in [2.45, 2.75) is 32.2 Å². The van der Waals surface area contributed by atoms with E-state index < -0.39 is 5.97 Å². The molecule has 0 radical (unpaired) electrons. The fraction of sp³-hybridized carbons (Fsp3) is 0.562. The van der Waals surface area contributed by atoms with Crippen LogP contribution in [0.25, 0.3) is 0 Å². The Bertz CT molecular complexity index is 463. The molecule has 1 N–H and O–H groups in total. The Morgan fingerprint density at radius 1 is 1.43 bits per heavy atom. The Labute approximate surface area is 124 Å². The summed E-state index contributed by atoms with van der Waals surface area (Å²) in [5, 5.41) is 9.33. The van der Waals surface area contributed by atoms with E-state index in [1.807, 2.05) is 11.8 Å². The molecule has 1 fully saturated rings. The molecule has 1 heterocycles. The Kier molecular flexibility index (Phi) is 5.56. The van der Waals surface area contributed by atoms with Gasteiger partial charge < -0.3 is 9.84 Å². The zero-order valence-electron chi connectivity index (χ0n) is 12.3. The molecule has 1 aliphatic heterocycles. The zero-order chi connectivity index (χ0) is 15.2. The van der Waals surface area contributed by atoms with Crippen LogP contribution >= 0.6 is 0 Å². The minimum absolute atomic E-state index is 0.189. The number of nitrogens with zero attached hydrogens (tertiary/aromatic N) is 1. The monoisotopic (exact) mass is 295 g/mol. The predicted molar refractivity (Wildman–Crippen MR) is 77.9 cm³/mol. The van der Waals surface area contributed by atoms with Crippen LogP contribution in [-0.4, -0.2) is 41.7 Å². The normalized spacial score (nSPS) is 23.0. The van der Waals surface area contributed by atoms with Crippen molar-refractivity contribution in [3.63, 3.8) is 0 Å². The number of hydrogen-bond acceptors (Lipinski definition) is 3. The molecule has 1 saturated heterocycles. The molecular weight excluding hydrogens is 273 g/mol. The molecule has 2 atom stereocenters. The fourth-order valence-corrected chi connectivity index (χ4v) is 2.91. The summed E-state index contributed by atoms with van der Waals surface area (Å²) in [7, 11) is 0. The van der Waals surface area contributed by atoms with Crippen molar-refractivity contribution in [2.24, 2.45) is 5.92 Å². The largest absolute Gasteiger partial charge is 0.494 e. The summed E-state index contributed by atoms with van der Waals surface area (Å²) in [5.41, 5.74) is 0. The molecule has 2 rings (SSSR count). The third-order valence-electron chi connectivity index (χ3n) is 3.96. The van der Waals surface area contributed by atoms with Gasteiger partial charge in [-0.1, -0.05) is 6.92 Å². The number of likely N-dealkylation sites (tertiary alicyclic amines) is 1. The van der Waals surface area contributed by atoms with Crippen LogP contribution < -0.4 is 4.74 Å². The van der Waals surface area contributed by atoms with E-state index in [4.69, 9.17) is 4.74 Å². The van der Waals surface area contributed by atoms with E-state index >= 15 is 0 Å². The second kappa shape index (κ2) is 7.41. The number of hydrogen-bond donors (Lipinski definition) is 1. The average Bonchev–Trinajstić information content (AvgIpc) is 2.45. The van der Waals surface area contributed by atoms with E-state index in [1.165, 1.54) is 12.1 Å². The van der Waals surface area contributed by atoms with Gasteiger partial charge in [0, 0.05) is 6.54 Å². The van der Waals surface area contributed by atoms with Gasteiger partial charge in [0.15, 0.2) is 0 Å². The predicted octanol–water partition coefficient (Wildman–Crippen LogP) is 2.78. The van der Waals surface area contributed by atoms with Crippen LogP contribution in [0.3, 0.4) is 0 Å². The quantitative estimate of drug-likeness (QED) is 0.820. The van der Waals surface area contributed by atoms with Gasteiger partial charge in [-0.15, -0.1) is 0 Å². The fourth-order valence-electron chi connectivity index (χ4n) is 2.91. The van der Waals surface area contributed by atoms with Gasteiger partial charge >= 0.3 is 5.97 Å². The molecule has 21 heavy (non-hydrogen) atoms. The van der Waals surface area contributed by atoms with Crippen LogP contribution in [-0.2, 0) is 4.79 Å². The minimum atomic E-state index is -0.735. The smallest absolute Gasteiger partial charge is 0.321 e. The first-order valence-electron chi connectivity index (χ1n) is 7.43. The van der Waals surface area contributed by atoms with Gasteiger partial charge in [-0.25, -0.2) is 4.39 Å². The average molecular weight is 295 g/mol. The van der Waals surface area contributed by atoms with Crippen molar-refractivity contribution in [3.05, 3.63) is 30.1 Å². The lowest BCUT2D eigenvalue weighted by Crippen LogP contribution is -2.49. The molecule has 0 spiro atoms. The van der Waals surface area contributed by atoms with Gasteiger partial charge in [-0.2, -0.15) is 0 Å². The van der Waals surface area contributed by atoms with Crippen molar-refractivity contribution in [1.82, 2.24) is 4.90 Å². The Balaban J connectivity index is 1.76. The maximum absolute atomic E-state index is 12.8. The molecule has 2 unspecified atom stereocenters. The maximum Gasteiger partial charge on any atom is 0.321 e. The summed E-state index contributed by atoms with van der Waals surface area (Å²) in [5.74, 6) is -0.192. The van der Waals surface area contributed by atoms with Crippen LogP contribution in [0.15, 0.2) is 24.3 Å². The van der Waals surface area contributed by atoms with Crippen LogP contribution in [0, 0.1) is 11.7 Å². The third kappa shape index (κ3) is 4.43. The lowest BCUT2D eigenvalue weighted by atomic mass is 9.91. The molecule has 5 heteroatoms. The van der Waals surface area contributed by atoms with Crippen LogP contribution in [0.1, 0.15) is 26.2 Å². The SMILES string of the molecule is CC1CCCN(CCCOc2ccc(F)cc2)C1C(=O)O. The molecule has 0 aromatic heterocycles. The van der Waals surface area contributed by atoms with Crippen molar-refractivity contribution in [1.29, 1.82) is 0 Å². The summed E-state index contributed by atoms with van der Waals surface area (Å²) in [4.78, 5) is 13.4. The van der Waals surface area contributed by atoms with Crippen LogP contribution in [0.5, 0.6) is 5.75 Å². The van der Waals surface area contributed by atoms with Crippen molar-refractivity contribution in [3.8, 4) is 5.75 Å². The maximum atomic E-state index is 12.8. The molecule has 1 aromatic rings. The highest BCUT2D eigenvalue weighted by Crippen LogP contribution is 2.23. The van der Waals surface area contributed by atoms with Crippen LogP contribution in [0.4, 0.5) is 4.39 Å². The molecule has 0 amide bonds. The highest BCUT2D eigenvalue weighted by molar-refractivity contribution is 5.74. The number of benzene rings is 1. The van der Waals surface area contributed by atoms with Gasteiger partial charge in [-0.05, 0) is 56.0 Å².